The largest absolute Gasteiger partial charge is 0.462 e. The van der Waals surface area contributed by atoms with E-state index in [-0.39, 0.29) is 37.9 Å². The molecule has 13 nitrogen and oxygen atoms in total. The molecule has 4 atom stereocenters. The highest BCUT2D eigenvalue weighted by Crippen LogP contribution is 2.21. The van der Waals surface area contributed by atoms with Gasteiger partial charge in [0.25, 0.3) is 0 Å². The lowest BCUT2D eigenvalue weighted by atomic mass is 9.98. The van der Waals surface area contributed by atoms with Gasteiger partial charge in [-0.25, -0.2) is 9.59 Å². The van der Waals surface area contributed by atoms with Crippen LogP contribution in [0.15, 0.2) is 30.3 Å². The van der Waals surface area contributed by atoms with Gasteiger partial charge in [-0.2, -0.15) is 0 Å². The third-order valence-electron chi connectivity index (χ3n) is 7.52. The number of hydrogen-bond acceptors (Lipinski definition) is 9. The number of nitrogens with one attached hydrogen (secondary N) is 4. The summed E-state index contributed by atoms with van der Waals surface area (Å²) >= 11 is 0. The summed E-state index contributed by atoms with van der Waals surface area (Å²) in [6.07, 6.45) is 3.71. The Morgan fingerprint density at radius 3 is 1.98 bits per heavy atom. The number of benzene rings is 1. The van der Waals surface area contributed by atoms with E-state index in [1.54, 1.807) is 32.9 Å². The Morgan fingerprint density at radius 1 is 0.771 bits per heavy atom. The fourth-order valence-electron chi connectivity index (χ4n) is 5.01. The fourth-order valence-corrected chi connectivity index (χ4v) is 5.01. The topological polar surface area (TPSA) is 178 Å². The molecule has 48 heavy (non-hydrogen) atoms. The van der Waals surface area contributed by atoms with E-state index < -0.39 is 65.5 Å². The van der Waals surface area contributed by atoms with E-state index in [2.05, 4.69) is 21.3 Å². The molecule has 0 heterocycles. The van der Waals surface area contributed by atoms with Gasteiger partial charge in [0, 0.05) is 6.42 Å². The van der Waals surface area contributed by atoms with Crippen molar-refractivity contribution in [3.05, 3.63) is 35.9 Å². The standard InChI is InChI=1S/C35H54N4O9/c1-22(2)20-28(39-34(45)48-35(5,6)7)32(43)36-23(3)30(41)38-27(18-19-29(40)47-26-16-12-9-13-17-26)31(42)37-24(4)33(44)46-21-25-14-10-8-11-15-25/h8,10-11,14-15,22-24,26-28H,9,12-13,16-21H2,1-7H3,(H,36,43)(H,37,42)(H,38,41)(H,39,45)/t23-,24-,27+,28+/m1/s1. The molecule has 0 radical (unpaired) electrons. The highest BCUT2D eigenvalue weighted by Gasteiger charge is 2.31. The van der Waals surface area contributed by atoms with Gasteiger partial charge in [-0.05, 0) is 84.6 Å². The Balaban J connectivity index is 2.07. The van der Waals surface area contributed by atoms with Crippen LogP contribution in [0.2, 0.25) is 0 Å². The average molecular weight is 675 g/mol. The first kappa shape index (κ1) is 40.0. The molecule has 1 aliphatic carbocycles. The normalized spacial score (nSPS) is 16.0. The summed E-state index contributed by atoms with van der Waals surface area (Å²) in [5, 5.41) is 10.3. The van der Waals surface area contributed by atoms with Gasteiger partial charge in [0.1, 0.15) is 42.5 Å². The molecule has 1 fully saturated rings. The quantitative estimate of drug-likeness (QED) is 0.150. The minimum Gasteiger partial charge on any atom is -0.462 e. The summed E-state index contributed by atoms with van der Waals surface area (Å²) in [4.78, 5) is 77.4. The molecule has 0 unspecified atom stereocenters. The highest BCUT2D eigenvalue weighted by molar-refractivity contribution is 5.94. The molecule has 4 amide bonds. The zero-order chi connectivity index (χ0) is 35.9. The summed E-state index contributed by atoms with van der Waals surface area (Å²) < 4.78 is 16.2. The number of esters is 2. The molecule has 0 spiro atoms. The predicted molar refractivity (Wildman–Crippen MR) is 178 cm³/mol. The summed E-state index contributed by atoms with van der Waals surface area (Å²) in [7, 11) is 0. The number of carbonyl (C=O) groups is 6. The third-order valence-corrected chi connectivity index (χ3v) is 7.52. The smallest absolute Gasteiger partial charge is 0.408 e. The lowest BCUT2D eigenvalue weighted by Gasteiger charge is -2.26. The van der Waals surface area contributed by atoms with E-state index >= 15 is 0 Å². The summed E-state index contributed by atoms with van der Waals surface area (Å²) in [5.41, 5.74) is 0.00366. The number of rotatable bonds is 16. The Labute approximate surface area is 284 Å². The number of ether oxygens (including phenoxy) is 3. The van der Waals surface area contributed by atoms with Crippen molar-refractivity contribution in [2.45, 2.75) is 142 Å². The van der Waals surface area contributed by atoms with E-state index in [1.807, 2.05) is 32.0 Å². The molecule has 0 aromatic heterocycles. The molecule has 4 N–H and O–H groups in total. The Bertz CT molecular complexity index is 1230. The van der Waals surface area contributed by atoms with Crippen molar-refractivity contribution in [3.8, 4) is 0 Å². The van der Waals surface area contributed by atoms with Crippen LogP contribution >= 0.6 is 0 Å². The SMILES string of the molecule is CC(C)C[C@H](NC(=O)OC(C)(C)C)C(=O)N[C@H](C)C(=O)N[C@@H](CCC(=O)OC1CCCCC1)C(=O)N[C@H](C)C(=O)OCc1ccccc1. The Hall–Kier alpha value is -4.16. The zero-order valence-corrected chi connectivity index (χ0v) is 29.4. The maximum Gasteiger partial charge on any atom is 0.408 e. The maximum atomic E-state index is 13.3. The highest BCUT2D eigenvalue weighted by atomic mass is 16.6. The van der Waals surface area contributed by atoms with Crippen LogP contribution in [0.1, 0.15) is 105 Å². The van der Waals surface area contributed by atoms with Gasteiger partial charge in [0.2, 0.25) is 17.7 Å². The van der Waals surface area contributed by atoms with Gasteiger partial charge in [-0.1, -0.05) is 50.6 Å². The van der Waals surface area contributed by atoms with Crippen LogP contribution in [0, 0.1) is 5.92 Å². The average Bonchev–Trinajstić information content (AvgIpc) is 3.01. The minimum absolute atomic E-state index is 0.0187. The van der Waals surface area contributed by atoms with Crippen LogP contribution in [0.5, 0.6) is 0 Å². The summed E-state index contributed by atoms with van der Waals surface area (Å²) in [6.45, 7) is 11.8. The van der Waals surface area contributed by atoms with Gasteiger partial charge in [-0.3, -0.25) is 19.2 Å². The van der Waals surface area contributed by atoms with Gasteiger partial charge in [0.15, 0.2) is 0 Å². The number of carbonyl (C=O) groups excluding carboxylic acids is 6. The van der Waals surface area contributed by atoms with Crippen LogP contribution in [-0.2, 0) is 44.8 Å². The lowest BCUT2D eigenvalue weighted by Crippen LogP contribution is -2.57. The third kappa shape index (κ3) is 15.6. The monoisotopic (exact) mass is 674 g/mol. The fraction of sp³-hybridized carbons (Fsp3) is 0.657. The van der Waals surface area contributed by atoms with E-state index in [0.29, 0.717) is 0 Å². The molecular formula is C35H54N4O9. The van der Waals surface area contributed by atoms with Crippen molar-refractivity contribution < 1.29 is 43.0 Å². The minimum atomic E-state index is -1.23. The molecule has 0 aliphatic heterocycles. The number of alkyl carbamates (subject to hydrolysis) is 1. The van der Waals surface area contributed by atoms with E-state index in [1.165, 1.54) is 13.8 Å². The number of amides is 4. The number of hydrogen-bond donors (Lipinski definition) is 4. The van der Waals surface area contributed by atoms with Crippen LogP contribution in [0.3, 0.4) is 0 Å². The lowest BCUT2D eigenvalue weighted by molar-refractivity contribution is -0.151. The first-order chi connectivity index (χ1) is 22.5. The van der Waals surface area contributed by atoms with Gasteiger partial charge in [-0.15, -0.1) is 0 Å². The predicted octanol–water partition coefficient (Wildman–Crippen LogP) is 3.82. The van der Waals surface area contributed by atoms with Gasteiger partial charge < -0.3 is 35.5 Å². The first-order valence-electron chi connectivity index (χ1n) is 16.8. The molecule has 1 aromatic carbocycles. The van der Waals surface area contributed by atoms with Crippen molar-refractivity contribution >= 4 is 35.8 Å². The second-order valence-corrected chi connectivity index (χ2v) is 13.7. The molecule has 0 saturated heterocycles. The van der Waals surface area contributed by atoms with Crippen LogP contribution in [0.4, 0.5) is 4.79 Å². The van der Waals surface area contributed by atoms with Crippen LogP contribution in [0.25, 0.3) is 0 Å². The van der Waals surface area contributed by atoms with E-state index in [9.17, 15) is 28.8 Å². The van der Waals surface area contributed by atoms with Crippen LogP contribution < -0.4 is 21.3 Å². The molecule has 1 saturated carbocycles. The Kier molecular flexibility index (Phi) is 16.3. The van der Waals surface area contributed by atoms with Crippen molar-refractivity contribution in [3.63, 3.8) is 0 Å². The van der Waals surface area contributed by atoms with E-state index in [4.69, 9.17) is 14.2 Å². The van der Waals surface area contributed by atoms with E-state index in [0.717, 1.165) is 37.7 Å². The van der Waals surface area contributed by atoms with Crippen LogP contribution in [-0.4, -0.2) is 71.6 Å². The second kappa shape index (κ2) is 19.6. The Morgan fingerprint density at radius 2 is 1.38 bits per heavy atom. The molecule has 1 aromatic rings. The molecular weight excluding hydrogens is 620 g/mol. The van der Waals surface area contributed by atoms with Crippen molar-refractivity contribution in [2.24, 2.45) is 5.92 Å². The van der Waals surface area contributed by atoms with Crippen molar-refractivity contribution in [2.75, 3.05) is 0 Å². The summed E-state index contributed by atoms with van der Waals surface area (Å²) in [5.74, 6) is -3.16. The van der Waals surface area contributed by atoms with Gasteiger partial charge >= 0.3 is 18.0 Å². The van der Waals surface area contributed by atoms with Crippen molar-refractivity contribution in [1.82, 2.24) is 21.3 Å². The molecule has 268 valence electrons. The molecule has 0 bridgehead atoms. The summed E-state index contributed by atoms with van der Waals surface area (Å²) in [6, 6.07) is 4.68. The van der Waals surface area contributed by atoms with Gasteiger partial charge in [0.05, 0.1) is 0 Å². The van der Waals surface area contributed by atoms with Crippen molar-refractivity contribution in [1.29, 1.82) is 0 Å². The molecule has 1 aliphatic rings. The molecule has 2 rings (SSSR count). The zero-order valence-electron chi connectivity index (χ0n) is 29.4. The first-order valence-corrected chi connectivity index (χ1v) is 16.8. The maximum absolute atomic E-state index is 13.3. The second-order valence-electron chi connectivity index (χ2n) is 13.7. The molecule has 13 heteroatoms.